The first-order valence-corrected chi connectivity index (χ1v) is 12.5. The molecule has 0 radical (unpaired) electrons. The van der Waals surface area contributed by atoms with E-state index in [-0.39, 0.29) is 17.4 Å². The van der Waals surface area contributed by atoms with Crippen LogP contribution < -0.4 is 10.1 Å². The van der Waals surface area contributed by atoms with Crippen LogP contribution in [0.1, 0.15) is 47.4 Å². The molecule has 3 aromatic rings. The van der Waals surface area contributed by atoms with E-state index in [9.17, 15) is 9.90 Å². The molecular formula is C29H28ClNO3. The maximum Gasteiger partial charge on any atom is 0.308 e. The van der Waals surface area contributed by atoms with Gasteiger partial charge in [-0.25, -0.2) is 0 Å². The Bertz CT molecular complexity index is 1260. The first-order chi connectivity index (χ1) is 16.5. The van der Waals surface area contributed by atoms with Crippen LogP contribution in [-0.2, 0) is 23.1 Å². The highest BCUT2D eigenvalue weighted by atomic mass is 35.5. The number of aliphatic carboxylic acids is 1. The van der Waals surface area contributed by atoms with Crippen molar-refractivity contribution >= 4 is 23.3 Å². The molecule has 1 saturated carbocycles. The van der Waals surface area contributed by atoms with Crippen molar-refractivity contribution in [2.24, 2.45) is 5.92 Å². The summed E-state index contributed by atoms with van der Waals surface area (Å²) in [5.41, 5.74) is 6.04. The van der Waals surface area contributed by atoms with E-state index in [2.05, 4.69) is 47.8 Å². The van der Waals surface area contributed by atoms with Crippen molar-refractivity contribution in [3.8, 4) is 5.75 Å². The molecule has 0 amide bonds. The number of fused-ring (bicyclic) bond motifs is 3. The lowest BCUT2D eigenvalue weighted by molar-refractivity contribution is -0.143. The Balaban J connectivity index is 1.44. The lowest BCUT2D eigenvalue weighted by atomic mass is 9.59. The Morgan fingerprint density at radius 3 is 2.74 bits per heavy atom. The highest BCUT2D eigenvalue weighted by molar-refractivity contribution is 6.30. The number of rotatable bonds is 4. The van der Waals surface area contributed by atoms with Gasteiger partial charge in [-0.15, -0.1) is 0 Å². The first kappa shape index (κ1) is 21.5. The van der Waals surface area contributed by atoms with Gasteiger partial charge >= 0.3 is 5.97 Å². The fraction of sp³-hybridized carbons (Fsp3) is 0.345. The topological polar surface area (TPSA) is 58.6 Å². The molecule has 1 aliphatic heterocycles. The van der Waals surface area contributed by atoms with Gasteiger partial charge in [0.2, 0.25) is 0 Å². The Morgan fingerprint density at radius 2 is 1.88 bits per heavy atom. The highest BCUT2D eigenvalue weighted by Crippen LogP contribution is 2.59. The lowest BCUT2D eigenvalue weighted by Gasteiger charge is -2.46. The van der Waals surface area contributed by atoms with Crippen LogP contribution in [0.4, 0.5) is 5.69 Å². The SMILES string of the molecule is O=C(O)[C@H]1CC[C@@]2(CC1Nc1cccc(Cl)c1)c1ccccc1CC2c1cccc2c1OCC2. The summed E-state index contributed by atoms with van der Waals surface area (Å²) < 4.78 is 6.15. The predicted octanol–water partition coefficient (Wildman–Crippen LogP) is 6.22. The van der Waals surface area contributed by atoms with Gasteiger partial charge in [0.05, 0.1) is 12.5 Å². The van der Waals surface area contributed by atoms with E-state index in [4.69, 9.17) is 16.3 Å². The smallest absolute Gasteiger partial charge is 0.308 e. The van der Waals surface area contributed by atoms with Crippen LogP contribution in [0.25, 0.3) is 0 Å². The van der Waals surface area contributed by atoms with Gasteiger partial charge in [-0.05, 0) is 66.1 Å². The number of hydrogen-bond donors (Lipinski definition) is 2. The molecule has 4 nitrogen and oxygen atoms in total. The number of nitrogens with one attached hydrogen (secondary N) is 1. The van der Waals surface area contributed by atoms with Crippen molar-refractivity contribution in [1.29, 1.82) is 0 Å². The number of hydrogen-bond acceptors (Lipinski definition) is 3. The minimum atomic E-state index is -0.735. The summed E-state index contributed by atoms with van der Waals surface area (Å²) in [6, 6.07) is 22.7. The van der Waals surface area contributed by atoms with Crippen LogP contribution in [0.5, 0.6) is 5.75 Å². The quantitative estimate of drug-likeness (QED) is 0.472. The highest BCUT2D eigenvalue weighted by Gasteiger charge is 2.53. The van der Waals surface area contributed by atoms with E-state index in [1.54, 1.807) is 0 Å². The fourth-order valence-corrected chi connectivity index (χ4v) is 6.95. The monoisotopic (exact) mass is 473 g/mol. The van der Waals surface area contributed by atoms with Gasteiger partial charge in [0.15, 0.2) is 0 Å². The van der Waals surface area contributed by atoms with Crippen LogP contribution >= 0.6 is 11.6 Å². The number of anilines is 1. The van der Waals surface area contributed by atoms with Gasteiger partial charge in [-0.2, -0.15) is 0 Å². The van der Waals surface area contributed by atoms with Gasteiger partial charge < -0.3 is 15.2 Å². The Hall–Kier alpha value is -2.98. The zero-order chi connectivity index (χ0) is 23.3. The summed E-state index contributed by atoms with van der Waals surface area (Å²) in [6.07, 6.45) is 4.15. The van der Waals surface area contributed by atoms with E-state index < -0.39 is 11.9 Å². The van der Waals surface area contributed by atoms with E-state index >= 15 is 0 Å². The van der Waals surface area contributed by atoms with Crippen molar-refractivity contribution in [3.05, 3.63) is 94.0 Å². The maximum absolute atomic E-state index is 12.3. The van der Waals surface area contributed by atoms with E-state index in [1.807, 2.05) is 24.3 Å². The predicted molar refractivity (Wildman–Crippen MR) is 134 cm³/mol. The molecule has 1 heterocycles. The van der Waals surface area contributed by atoms with Gasteiger partial charge in [0, 0.05) is 34.5 Å². The zero-order valence-corrected chi connectivity index (χ0v) is 19.7. The summed E-state index contributed by atoms with van der Waals surface area (Å²) in [5, 5.41) is 14.3. The van der Waals surface area contributed by atoms with Crippen molar-refractivity contribution in [2.75, 3.05) is 11.9 Å². The average molecular weight is 474 g/mol. The second kappa shape index (κ2) is 8.35. The standard InChI is InChI=1S/C29H28ClNO3/c30-20-7-4-8-21(16-20)31-26-17-29(13-11-23(26)28(32)33)24-10-2-1-5-19(24)15-25(29)22-9-3-6-18-12-14-34-27(18)22/h1-10,16,23,25-26,31H,11-15,17H2,(H,32,33)/t23-,25?,26?,29+/m0/s1. The molecule has 0 aromatic heterocycles. The summed E-state index contributed by atoms with van der Waals surface area (Å²) in [6.45, 7) is 0.735. The van der Waals surface area contributed by atoms with Crippen molar-refractivity contribution in [1.82, 2.24) is 0 Å². The van der Waals surface area contributed by atoms with Crippen LogP contribution in [-0.4, -0.2) is 23.7 Å². The molecule has 34 heavy (non-hydrogen) atoms. The molecule has 0 bridgehead atoms. The maximum atomic E-state index is 12.3. The molecule has 4 atom stereocenters. The molecule has 1 spiro atoms. The summed E-state index contributed by atoms with van der Waals surface area (Å²) in [4.78, 5) is 12.3. The number of benzene rings is 3. The largest absolute Gasteiger partial charge is 0.493 e. The molecule has 2 N–H and O–H groups in total. The average Bonchev–Trinajstić information content (AvgIpc) is 3.43. The number of carboxylic acids is 1. The van der Waals surface area contributed by atoms with E-state index in [0.717, 1.165) is 43.7 Å². The summed E-state index contributed by atoms with van der Waals surface area (Å²) in [7, 11) is 0. The van der Waals surface area contributed by atoms with E-state index in [1.165, 1.54) is 22.3 Å². The van der Waals surface area contributed by atoms with Gasteiger partial charge in [0.1, 0.15) is 5.75 Å². The second-order valence-electron chi connectivity index (χ2n) is 9.95. The van der Waals surface area contributed by atoms with Crippen molar-refractivity contribution in [3.63, 3.8) is 0 Å². The number of carboxylic acid groups (broad SMARTS) is 1. The third kappa shape index (κ3) is 3.47. The van der Waals surface area contributed by atoms with Gasteiger partial charge in [0.25, 0.3) is 0 Å². The first-order valence-electron chi connectivity index (χ1n) is 12.1. The molecule has 2 unspecified atom stereocenters. The molecule has 3 aliphatic rings. The number of carbonyl (C=O) groups is 1. The Kier molecular flexibility index (Phi) is 5.29. The Labute approximate surface area is 204 Å². The number of halogens is 1. The molecule has 6 rings (SSSR count). The molecule has 1 fully saturated rings. The molecule has 0 saturated heterocycles. The molecule has 3 aromatic carbocycles. The third-order valence-corrected chi connectivity index (χ3v) is 8.47. The molecule has 5 heteroatoms. The third-order valence-electron chi connectivity index (χ3n) is 8.23. The number of ether oxygens (including phenoxy) is 1. The van der Waals surface area contributed by atoms with E-state index in [0.29, 0.717) is 11.4 Å². The second-order valence-corrected chi connectivity index (χ2v) is 10.4. The van der Waals surface area contributed by atoms with Crippen molar-refractivity contribution in [2.45, 2.75) is 49.5 Å². The van der Waals surface area contributed by atoms with Crippen LogP contribution in [0, 0.1) is 5.92 Å². The van der Waals surface area contributed by atoms with Gasteiger partial charge in [-0.1, -0.05) is 60.1 Å². The normalized spacial score (nSPS) is 27.1. The minimum Gasteiger partial charge on any atom is -0.493 e. The minimum absolute atomic E-state index is 0.139. The molecule has 174 valence electrons. The summed E-state index contributed by atoms with van der Waals surface area (Å²) >= 11 is 6.24. The lowest BCUT2D eigenvalue weighted by Crippen LogP contribution is -2.48. The van der Waals surface area contributed by atoms with Crippen LogP contribution in [0.2, 0.25) is 5.02 Å². The molecular weight excluding hydrogens is 446 g/mol. The van der Waals surface area contributed by atoms with Crippen LogP contribution in [0.3, 0.4) is 0 Å². The number of para-hydroxylation sites is 1. The van der Waals surface area contributed by atoms with Gasteiger partial charge in [-0.3, -0.25) is 4.79 Å². The zero-order valence-electron chi connectivity index (χ0n) is 19.0. The summed E-state index contributed by atoms with van der Waals surface area (Å²) in [5.74, 6) is 0.132. The molecule has 2 aliphatic carbocycles. The fourth-order valence-electron chi connectivity index (χ4n) is 6.76. The Morgan fingerprint density at radius 1 is 1.06 bits per heavy atom. The van der Waals surface area contributed by atoms with Crippen molar-refractivity contribution < 1.29 is 14.6 Å². The van der Waals surface area contributed by atoms with Crippen LogP contribution in [0.15, 0.2) is 66.7 Å².